The van der Waals surface area contributed by atoms with E-state index >= 15 is 0 Å². The standard InChI is InChI=1S/C31H35ClF3NO2/c32-26-13-7-12-25-28(37)18-29(38-30(25)26)24-15-14-23(31(33,34)35)17-22(24)19-36-27(21-10-5-2-6-11-21)16-20-8-3-1-4-9-20/h7,12-15,17-18,20-21,27,36H,1-6,8-11,16,19H2. The van der Waals surface area contributed by atoms with E-state index in [9.17, 15) is 18.0 Å². The minimum absolute atomic E-state index is 0.225. The van der Waals surface area contributed by atoms with Crippen LogP contribution in [0.1, 0.15) is 81.8 Å². The molecule has 0 bridgehead atoms. The Labute approximate surface area is 226 Å². The monoisotopic (exact) mass is 545 g/mol. The topological polar surface area (TPSA) is 42.2 Å². The van der Waals surface area contributed by atoms with Crippen molar-refractivity contribution in [3.05, 3.63) is 68.8 Å². The van der Waals surface area contributed by atoms with Crippen LogP contribution in [0, 0.1) is 11.8 Å². The molecule has 1 aromatic heterocycles. The van der Waals surface area contributed by atoms with Crippen molar-refractivity contribution in [2.24, 2.45) is 11.8 Å². The van der Waals surface area contributed by atoms with Crippen molar-refractivity contribution in [2.45, 2.75) is 89.4 Å². The molecule has 1 atom stereocenters. The highest BCUT2D eigenvalue weighted by molar-refractivity contribution is 6.34. The molecular formula is C31H35ClF3NO2. The summed E-state index contributed by atoms with van der Waals surface area (Å²) in [5, 5.41) is 4.33. The van der Waals surface area contributed by atoms with Crippen molar-refractivity contribution >= 4 is 22.6 Å². The van der Waals surface area contributed by atoms with E-state index in [0.29, 0.717) is 28.3 Å². The molecule has 2 saturated carbocycles. The van der Waals surface area contributed by atoms with Crippen molar-refractivity contribution in [3.8, 4) is 11.3 Å². The molecule has 38 heavy (non-hydrogen) atoms. The summed E-state index contributed by atoms with van der Waals surface area (Å²) in [6.07, 6.45) is 8.93. The minimum Gasteiger partial charge on any atom is -0.454 e. The number of para-hydroxylation sites is 1. The van der Waals surface area contributed by atoms with Crippen LogP contribution in [0.4, 0.5) is 13.2 Å². The van der Waals surface area contributed by atoms with Gasteiger partial charge >= 0.3 is 6.18 Å². The second-order valence-corrected chi connectivity index (χ2v) is 11.5. The number of fused-ring (bicyclic) bond motifs is 1. The zero-order chi connectivity index (χ0) is 26.7. The summed E-state index contributed by atoms with van der Waals surface area (Å²) in [7, 11) is 0. The van der Waals surface area contributed by atoms with E-state index in [1.807, 2.05) is 0 Å². The molecule has 0 spiro atoms. The lowest BCUT2D eigenvalue weighted by Crippen LogP contribution is -2.39. The summed E-state index contributed by atoms with van der Waals surface area (Å²) < 4.78 is 47.2. The second-order valence-electron chi connectivity index (χ2n) is 11.1. The summed E-state index contributed by atoms with van der Waals surface area (Å²) in [5.41, 5.74) is 0.205. The van der Waals surface area contributed by atoms with Gasteiger partial charge in [0, 0.05) is 24.2 Å². The number of nitrogens with one attached hydrogen (secondary N) is 1. The number of rotatable bonds is 7. The predicted octanol–water partition coefficient (Wildman–Crippen LogP) is 9.14. The third kappa shape index (κ3) is 6.28. The molecule has 204 valence electrons. The predicted molar refractivity (Wildman–Crippen MR) is 146 cm³/mol. The van der Waals surface area contributed by atoms with Crippen LogP contribution in [0.15, 0.2) is 51.7 Å². The normalized spacial score (nSPS) is 18.6. The number of halogens is 4. The van der Waals surface area contributed by atoms with Crippen molar-refractivity contribution in [1.82, 2.24) is 5.32 Å². The molecule has 7 heteroatoms. The van der Waals surface area contributed by atoms with E-state index in [1.165, 1.54) is 69.6 Å². The van der Waals surface area contributed by atoms with Crippen molar-refractivity contribution in [2.75, 3.05) is 0 Å². The van der Waals surface area contributed by atoms with Gasteiger partial charge in [0.1, 0.15) is 5.76 Å². The van der Waals surface area contributed by atoms with E-state index in [0.717, 1.165) is 25.3 Å². The largest absolute Gasteiger partial charge is 0.454 e. The average molecular weight is 546 g/mol. The molecule has 0 radical (unpaired) electrons. The molecule has 0 aliphatic heterocycles. The van der Waals surface area contributed by atoms with Crippen LogP contribution in [0.2, 0.25) is 5.02 Å². The number of alkyl halides is 3. The lowest BCUT2D eigenvalue weighted by Gasteiger charge is -2.35. The van der Waals surface area contributed by atoms with Crippen LogP contribution >= 0.6 is 11.6 Å². The van der Waals surface area contributed by atoms with Gasteiger partial charge in [-0.1, -0.05) is 75.1 Å². The van der Waals surface area contributed by atoms with E-state index in [1.54, 1.807) is 18.2 Å². The van der Waals surface area contributed by atoms with E-state index in [4.69, 9.17) is 16.0 Å². The lowest BCUT2D eigenvalue weighted by molar-refractivity contribution is -0.137. The van der Waals surface area contributed by atoms with Gasteiger partial charge in [-0.2, -0.15) is 13.2 Å². The Hall–Kier alpha value is -2.31. The molecule has 1 unspecified atom stereocenters. The van der Waals surface area contributed by atoms with Gasteiger partial charge < -0.3 is 9.73 Å². The molecule has 0 saturated heterocycles. The smallest absolute Gasteiger partial charge is 0.416 e. The Morgan fingerprint density at radius 3 is 2.37 bits per heavy atom. The first kappa shape index (κ1) is 27.3. The van der Waals surface area contributed by atoms with Gasteiger partial charge in [0.05, 0.1) is 16.0 Å². The Morgan fingerprint density at radius 1 is 0.947 bits per heavy atom. The quantitative estimate of drug-likeness (QED) is 0.322. The molecule has 3 aromatic rings. The Kier molecular flexibility index (Phi) is 8.49. The van der Waals surface area contributed by atoms with Gasteiger partial charge in [0.15, 0.2) is 11.0 Å². The van der Waals surface area contributed by atoms with Crippen molar-refractivity contribution in [3.63, 3.8) is 0 Å². The summed E-state index contributed by atoms with van der Waals surface area (Å²) >= 11 is 6.30. The molecule has 1 N–H and O–H groups in total. The molecule has 2 aromatic carbocycles. The van der Waals surface area contributed by atoms with Crippen LogP contribution in [-0.4, -0.2) is 6.04 Å². The molecule has 0 amide bonds. The SMILES string of the molecule is O=c1cc(-c2ccc(C(F)(F)F)cc2CNC(CC2CCCCC2)C2CCCCC2)oc2c(Cl)cccc12. The number of hydrogen-bond donors (Lipinski definition) is 1. The zero-order valence-corrected chi connectivity index (χ0v) is 22.3. The fraction of sp³-hybridized carbons (Fsp3) is 0.516. The highest BCUT2D eigenvalue weighted by Crippen LogP contribution is 2.37. The number of hydrogen-bond acceptors (Lipinski definition) is 3. The van der Waals surface area contributed by atoms with Crippen LogP contribution in [0.3, 0.4) is 0 Å². The van der Waals surface area contributed by atoms with Crippen LogP contribution in [0.5, 0.6) is 0 Å². The molecule has 5 rings (SSSR count). The Morgan fingerprint density at radius 2 is 1.66 bits per heavy atom. The lowest BCUT2D eigenvalue weighted by atomic mass is 9.77. The third-order valence-electron chi connectivity index (χ3n) is 8.49. The van der Waals surface area contributed by atoms with Crippen LogP contribution in [-0.2, 0) is 12.7 Å². The number of benzene rings is 2. The molecule has 2 aliphatic carbocycles. The zero-order valence-electron chi connectivity index (χ0n) is 21.6. The first-order valence-electron chi connectivity index (χ1n) is 14.0. The van der Waals surface area contributed by atoms with E-state index < -0.39 is 11.7 Å². The fourth-order valence-electron chi connectivity index (χ4n) is 6.43. The maximum absolute atomic E-state index is 13.7. The van der Waals surface area contributed by atoms with Crippen molar-refractivity contribution in [1.29, 1.82) is 0 Å². The van der Waals surface area contributed by atoms with Gasteiger partial charge in [0.2, 0.25) is 0 Å². The molecule has 1 heterocycles. The van der Waals surface area contributed by atoms with Gasteiger partial charge in [-0.05, 0) is 60.9 Å². The first-order chi connectivity index (χ1) is 18.3. The summed E-state index contributed by atoms with van der Waals surface area (Å²) in [6, 6.07) is 10.2. The van der Waals surface area contributed by atoms with Gasteiger partial charge in [0.25, 0.3) is 0 Å². The van der Waals surface area contributed by atoms with Gasteiger partial charge in [-0.15, -0.1) is 0 Å². The second kappa shape index (κ2) is 11.8. The average Bonchev–Trinajstić information content (AvgIpc) is 2.92. The highest BCUT2D eigenvalue weighted by atomic mass is 35.5. The van der Waals surface area contributed by atoms with E-state index in [-0.39, 0.29) is 34.4 Å². The summed E-state index contributed by atoms with van der Waals surface area (Å²) in [6.45, 7) is 0.275. The first-order valence-corrected chi connectivity index (χ1v) is 14.3. The van der Waals surface area contributed by atoms with Gasteiger partial charge in [-0.25, -0.2) is 0 Å². The minimum atomic E-state index is -4.47. The molecule has 3 nitrogen and oxygen atoms in total. The summed E-state index contributed by atoms with van der Waals surface area (Å²) in [4.78, 5) is 12.8. The highest BCUT2D eigenvalue weighted by Gasteiger charge is 2.32. The molecule has 2 aliphatic rings. The van der Waals surface area contributed by atoms with Gasteiger partial charge in [-0.3, -0.25) is 4.79 Å². The van der Waals surface area contributed by atoms with Crippen molar-refractivity contribution < 1.29 is 17.6 Å². The summed E-state index contributed by atoms with van der Waals surface area (Å²) in [5.74, 6) is 1.43. The Bertz CT molecular complexity index is 1310. The van der Waals surface area contributed by atoms with Crippen LogP contribution < -0.4 is 10.7 Å². The Balaban J connectivity index is 1.48. The third-order valence-corrected chi connectivity index (χ3v) is 8.79. The fourth-order valence-corrected chi connectivity index (χ4v) is 6.65. The van der Waals surface area contributed by atoms with E-state index in [2.05, 4.69) is 5.32 Å². The molecule has 2 fully saturated rings. The van der Waals surface area contributed by atoms with Crippen LogP contribution in [0.25, 0.3) is 22.3 Å². The maximum atomic E-state index is 13.7. The maximum Gasteiger partial charge on any atom is 0.416 e. The molecular weight excluding hydrogens is 511 g/mol.